The first kappa shape index (κ1) is 20.7. The van der Waals surface area contributed by atoms with E-state index in [0.717, 1.165) is 12.1 Å². The highest BCUT2D eigenvalue weighted by atomic mass is 32.2. The standard InChI is InChI=1S/C17H16F3NO5S/c1-25-15-8-3-11(9-14(15)16(22)26-2)10-21-27(23,24)13-6-4-12(5-7-13)17(18,19)20/h3-9,21H,10H2,1-2H3. The molecule has 0 bridgehead atoms. The second-order valence-corrected chi connectivity index (χ2v) is 7.14. The van der Waals surface area contributed by atoms with Crippen molar-refractivity contribution in [1.82, 2.24) is 4.72 Å². The molecule has 146 valence electrons. The van der Waals surface area contributed by atoms with E-state index in [1.54, 1.807) is 6.07 Å². The molecule has 0 amide bonds. The van der Waals surface area contributed by atoms with E-state index in [4.69, 9.17) is 4.74 Å². The Hall–Kier alpha value is -2.59. The Kier molecular flexibility index (Phi) is 6.11. The van der Waals surface area contributed by atoms with Crippen LogP contribution in [0.25, 0.3) is 0 Å². The number of rotatable bonds is 6. The third-order valence-electron chi connectivity index (χ3n) is 3.63. The monoisotopic (exact) mass is 403 g/mol. The highest BCUT2D eigenvalue weighted by Crippen LogP contribution is 2.29. The summed E-state index contributed by atoms with van der Waals surface area (Å²) >= 11 is 0. The SMILES string of the molecule is COC(=O)c1cc(CNS(=O)(=O)c2ccc(C(F)(F)F)cc2)ccc1OC. The van der Waals surface area contributed by atoms with Gasteiger partial charge < -0.3 is 9.47 Å². The number of alkyl halides is 3. The Balaban J connectivity index is 2.19. The van der Waals surface area contributed by atoms with Crippen LogP contribution in [0.3, 0.4) is 0 Å². The average Bonchev–Trinajstić information content (AvgIpc) is 2.65. The molecule has 10 heteroatoms. The first-order chi connectivity index (χ1) is 12.6. The van der Waals surface area contributed by atoms with Gasteiger partial charge >= 0.3 is 12.1 Å². The van der Waals surface area contributed by atoms with E-state index in [1.807, 2.05) is 0 Å². The number of hydrogen-bond donors (Lipinski definition) is 1. The highest BCUT2D eigenvalue weighted by molar-refractivity contribution is 7.89. The van der Waals surface area contributed by atoms with Crippen molar-refractivity contribution >= 4 is 16.0 Å². The van der Waals surface area contributed by atoms with Gasteiger partial charge in [0.05, 0.1) is 24.7 Å². The van der Waals surface area contributed by atoms with Crippen LogP contribution < -0.4 is 9.46 Å². The third kappa shape index (κ3) is 4.98. The van der Waals surface area contributed by atoms with Crippen LogP contribution >= 0.6 is 0 Å². The van der Waals surface area contributed by atoms with Crippen molar-refractivity contribution in [2.45, 2.75) is 17.6 Å². The minimum Gasteiger partial charge on any atom is -0.496 e. The summed E-state index contributed by atoms with van der Waals surface area (Å²) in [6, 6.07) is 7.56. The Morgan fingerprint density at radius 3 is 2.22 bits per heavy atom. The van der Waals surface area contributed by atoms with Crippen molar-refractivity contribution in [3.8, 4) is 5.75 Å². The molecule has 6 nitrogen and oxygen atoms in total. The topological polar surface area (TPSA) is 81.7 Å². The molecule has 0 saturated carbocycles. The molecule has 0 aliphatic carbocycles. The van der Waals surface area contributed by atoms with Crippen molar-refractivity contribution in [1.29, 1.82) is 0 Å². The first-order valence-corrected chi connectivity index (χ1v) is 8.99. The number of nitrogens with one attached hydrogen (secondary N) is 1. The lowest BCUT2D eigenvalue weighted by Crippen LogP contribution is -2.23. The van der Waals surface area contributed by atoms with Gasteiger partial charge in [0, 0.05) is 6.54 Å². The van der Waals surface area contributed by atoms with Crippen molar-refractivity contribution in [3.05, 3.63) is 59.2 Å². The number of methoxy groups -OCH3 is 2. The quantitative estimate of drug-likeness (QED) is 0.750. The predicted octanol–water partition coefficient (Wildman–Crippen LogP) is 2.98. The molecule has 0 radical (unpaired) electrons. The van der Waals surface area contributed by atoms with Gasteiger partial charge in [-0.05, 0) is 42.0 Å². The van der Waals surface area contributed by atoms with Gasteiger partial charge in [0.1, 0.15) is 11.3 Å². The lowest BCUT2D eigenvalue weighted by Gasteiger charge is -2.11. The maximum absolute atomic E-state index is 12.6. The molecule has 0 aromatic heterocycles. The van der Waals surface area contributed by atoms with Crippen LogP contribution in [-0.2, 0) is 27.5 Å². The lowest BCUT2D eigenvalue weighted by molar-refractivity contribution is -0.137. The molecular weight excluding hydrogens is 387 g/mol. The van der Waals surface area contributed by atoms with Crippen molar-refractivity contribution < 1.29 is 35.9 Å². The zero-order valence-electron chi connectivity index (χ0n) is 14.3. The van der Waals surface area contributed by atoms with Gasteiger partial charge in [0.15, 0.2) is 0 Å². The Morgan fingerprint density at radius 1 is 1.07 bits per heavy atom. The molecule has 0 fully saturated rings. The van der Waals surface area contributed by atoms with Gasteiger partial charge in [0.2, 0.25) is 10.0 Å². The van der Waals surface area contributed by atoms with E-state index in [2.05, 4.69) is 9.46 Å². The summed E-state index contributed by atoms with van der Waals surface area (Å²) in [6.45, 7) is -0.183. The Morgan fingerprint density at radius 2 is 1.70 bits per heavy atom. The molecule has 0 aliphatic rings. The normalized spacial score (nSPS) is 11.9. The minimum atomic E-state index is -4.55. The molecule has 2 rings (SSSR count). The Bertz CT molecular complexity index is 925. The maximum Gasteiger partial charge on any atom is 0.416 e. The number of sulfonamides is 1. The van der Waals surface area contributed by atoms with E-state index in [-0.39, 0.29) is 22.8 Å². The summed E-state index contributed by atoms with van der Waals surface area (Å²) in [5.74, 6) is -0.393. The fourth-order valence-corrected chi connectivity index (χ4v) is 3.24. The fraction of sp³-hybridized carbons (Fsp3) is 0.235. The van der Waals surface area contributed by atoms with Crippen LogP contribution in [0.1, 0.15) is 21.5 Å². The van der Waals surface area contributed by atoms with Gasteiger partial charge in [-0.3, -0.25) is 0 Å². The lowest BCUT2D eigenvalue weighted by atomic mass is 10.1. The van der Waals surface area contributed by atoms with Gasteiger partial charge in [-0.2, -0.15) is 13.2 Å². The smallest absolute Gasteiger partial charge is 0.416 e. The molecule has 0 aliphatic heterocycles. The van der Waals surface area contributed by atoms with E-state index < -0.39 is 27.7 Å². The number of carbonyl (C=O) groups excluding carboxylic acids is 1. The number of halogens is 3. The van der Waals surface area contributed by atoms with E-state index in [1.165, 1.54) is 26.4 Å². The van der Waals surface area contributed by atoms with Crippen molar-refractivity contribution in [2.75, 3.05) is 14.2 Å². The van der Waals surface area contributed by atoms with Crippen LogP contribution in [0.2, 0.25) is 0 Å². The zero-order valence-corrected chi connectivity index (χ0v) is 15.1. The van der Waals surface area contributed by atoms with Crippen LogP contribution in [0.4, 0.5) is 13.2 Å². The van der Waals surface area contributed by atoms with Crippen LogP contribution in [0.5, 0.6) is 5.75 Å². The fourth-order valence-electron chi connectivity index (χ4n) is 2.22. The largest absolute Gasteiger partial charge is 0.496 e. The molecule has 0 heterocycles. The molecule has 2 aromatic carbocycles. The molecule has 0 atom stereocenters. The molecular formula is C17H16F3NO5S. The summed E-state index contributed by atoms with van der Waals surface area (Å²) in [7, 11) is -1.47. The van der Waals surface area contributed by atoms with Crippen LogP contribution in [-0.4, -0.2) is 28.6 Å². The molecule has 2 aromatic rings. The first-order valence-electron chi connectivity index (χ1n) is 7.50. The summed E-state index contributed by atoms with van der Waals surface area (Å²) in [4.78, 5) is 11.4. The molecule has 0 saturated heterocycles. The van der Waals surface area contributed by atoms with Gasteiger partial charge in [-0.15, -0.1) is 0 Å². The summed E-state index contributed by atoms with van der Waals surface area (Å²) in [5, 5.41) is 0. The second-order valence-electron chi connectivity index (χ2n) is 5.37. The summed E-state index contributed by atoms with van der Waals surface area (Å²) < 4.78 is 74.2. The summed E-state index contributed by atoms with van der Waals surface area (Å²) in [6.07, 6.45) is -4.55. The number of benzene rings is 2. The zero-order chi connectivity index (χ0) is 20.2. The minimum absolute atomic E-state index is 0.117. The van der Waals surface area contributed by atoms with Gasteiger partial charge in [-0.25, -0.2) is 17.9 Å². The second kappa shape index (κ2) is 7.97. The molecule has 0 unspecified atom stereocenters. The predicted molar refractivity (Wildman–Crippen MR) is 89.8 cm³/mol. The highest BCUT2D eigenvalue weighted by Gasteiger charge is 2.30. The average molecular weight is 403 g/mol. The van der Waals surface area contributed by atoms with Gasteiger partial charge in [-0.1, -0.05) is 6.07 Å². The van der Waals surface area contributed by atoms with E-state index in [9.17, 15) is 26.4 Å². The van der Waals surface area contributed by atoms with Crippen LogP contribution in [0, 0.1) is 0 Å². The van der Waals surface area contributed by atoms with Gasteiger partial charge in [0.25, 0.3) is 0 Å². The number of hydrogen-bond acceptors (Lipinski definition) is 5. The summed E-state index contributed by atoms with van der Waals surface area (Å²) in [5.41, 5.74) is -0.391. The van der Waals surface area contributed by atoms with E-state index >= 15 is 0 Å². The third-order valence-corrected chi connectivity index (χ3v) is 5.04. The number of esters is 1. The number of carbonyl (C=O) groups is 1. The van der Waals surface area contributed by atoms with Crippen molar-refractivity contribution in [3.63, 3.8) is 0 Å². The molecule has 27 heavy (non-hydrogen) atoms. The molecule has 1 N–H and O–H groups in total. The molecule has 0 spiro atoms. The number of ether oxygens (including phenoxy) is 2. The van der Waals surface area contributed by atoms with Crippen LogP contribution in [0.15, 0.2) is 47.4 Å². The van der Waals surface area contributed by atoms with E-state index in [0.29, 0.717) is 17.7 Å². The van der Waals surface area contributed by atoms with Crippen molar-refractivity contribution in [2.24, 2.45) is 0 Å². The Labute approximate surface area is 154 Å². The maximum atomic E-state index is 12.6.